The molecule has 4 atom stereocenters. The lowest BCUT2D eigenvalue weighted by Gasteiger charge is -2.27. The van der Waals surface area contributed by atoms with Crippen LogP contribution in [0.3, 0.4) is 0 Å². The fraction of sp³-hybridized carbons (Fsp3) is 0.300. The maximum Gasteiger partial charge on any atom is 0.185 e. The van der Waals surface area contributed by atoms with Gasteiger partial charge in [-0.3, -0.25) is 9.78 Å². The number of carbonyl (C=O) groups excluding carboxylic acids is 1. The summed E-state index contributed by atoms with van der Waals surface area (Å²) in [7, 11) is 0. The van der Waals surface area contributed by atoms with Crippen LogP contribution >= 0.6 is 0 Å². The van der Waals surface area contributed by atoms with Crippen LogP contribution in [0.15, 0.2) is 60.8 Å². The quantitative estimate of drug-likeness (QED) is 0.627. The van der Waals surface area contributed by atoms with E-state index in [1.165, 1.54) is 11.1 Å². The third-order valence-electron chi connectivity index (χ3n) is 5.14. The van der Waals surface area contributed by atoms with Crippen LogP contribution in [0, 0.1) is 24.7 Å². The zero-order valence-electron chi connectivity index (χ0n) is 12.6. The molecule has 1 aromatic carbocycles. The number of hydrogen-bond donors (Lipinski definition) is 0. The Hall–Kier alpha value is -2.22. The molecule has 0 aliphatic heterocycles. The maximum atomic E-state index is 13.0. The van der Waals surface area contributed by atoms with Gasteiger partial charge in [0.25, 0.3) is 0 Å². The largest absolute Gasteiger partial charge is 0.292 e. The molecular weight excluding hydrogens is 270 g/mol. The Morgan fingerprint density at radius 2 is 1.82 bits per heavy atom. The molecule has 22 heavy (non-hydrogen) atoms. The summed E-state index contributed by atoms with van der Waals surface area (Å²) in [5.74, 6) is 1.39. The molecule has 1 fully saturated rings. The Kier molecular flexibility index (Phi) is 3.18. The predicted molar refractivity (Wildman–Crippen MR) is 86.7 cm³/mol. The second-order valence-corrected chi connectivity index (χ2v) is 6.49. The Labute approximate surface area is 130 Å². The summed E-state index contributed by atoms with van der Waals surface area (Å²) in [6, 6.07) is 14.3. The zero-order valence-corrected chi connectivity index (χ0v) is 12.6. The van der Waals surface area contributed by atoms with Crippen molar-refractivity contribution in [1.82, 2.24) is 4.98 Å². The average Bonchev–Trinajstić information content (AvgIpc) is 3.17. The van der Waals surface area contributed by atoms with E-state index in [1.54, 1.807) is 6.20 Å². The van der Waals surface area contributed by atoms with E-state index in [-0.39, 0.29) is 11.7 Å². The Morgan fingerprint density at radius 3 is 2.55 bits per heavy atom. The lowest BCUT2D eigenvalue weighted by molar-refractivity contribution is 0.0881. The van der Waals surface area contributed by atoms with Gasteiger partial charge in [0, 0.05) is 18.0 Å². The van der Waals surface area contributed by atoms with Crippen LogP contribution in [-0.4, -0.2) is 10.8 Å². The van der Waals surface area contributed by atoms with Gasteiger partial charge >= 0.3 is 0 Å². The lowest BCUT2D eigenvalue weighted by Crippen LogP contribution is -2.27. The van der Waals surface area contributed by atoms with E-state index in [4.69, 9.17) is 0 Å². The summed E-state index contributed by atoms with van der Waals surface area (Å²) in [5, 5.41) is 0. The minimum absolute atomic E-state index is 0.0348. The molecule has 1 aromatic heterocycles. The minimum atomic E-state index is 0.0348. The van der Waals surface area contributed by atoms with Crippen LogP contribution in [0.4, 0.5) is 0 Å². The first-order valence-corrected chi connectivity index (χ1v) is 7.94. The highest BCUT2D eigenvalue weighted by atomic mass is 16.1. The predicted octanol–water partition coefficient (Wildman–Crippen LogP) is 4.18. The molecule has 4 unspecified atom stereocenters. The molecule has 0 saturated heterocycles. The molecule has 2 bridgehead atoms. The van der Waals surface area contributed by atoms with Gasteiger partial charge in [0.1, 0.15) is 5.69 Å². The summed E-state index contributed by atoms with van der Waals surface area (Å²) in [4.78, 5) is 17.3. The smallest absolute Gasteiger partial charge is 0.185 e. The summed E-state index contributed by atoms with van der Waals surface area (Å²) in [6.07, 6.45) is 7.34. The van der Waals surface area contributed by atoms with Gasteiger partial charge in [-0.2, -0.15) is 0 Å². The Bertz CT molecular complexity index is 717. The third kappa shape index (κ3) is 2.10. The van der Waals surface area contributed by atoms with Gasteiger partial charge in [-0.15, -0.1) is 0 Å². The van der Waals surface area contributed by atoms with E-state index >= 15 is 0 Å². The second-order valence-electron chi connectivity index (χ2n) is 6.49. The van der Waals surface area contributed by atoms with Gasteiger partial charge in [-0.25, -0.2) is 0 Å². The Morgan fingerprint density at radius 1 is 1.05 bits per heavy atom. The zero-order chi connectivity index (χ0) is 15.1. The number of fused-ring (bicyclic) bond motifs is 2. The molecule has 2 aromatic rings. The lowest BCUT2D eigenvalue weighted by atomic mass is 9.75. The Balaban J connectivity index is 1.72. The van der Waals surface area contributed by atoms with E-state index in [2.05, 4.69) is 48.3 Å². The topological polar surface area (TPSA) is 30.0 Å². The molecule has 2 heteroatoms. The maximum absolute atomic E-state index is 13.0. The van der Waals surface area contributed by atoms with Crippen molar-refractivity contribution in [3.8, 4) is 0 Å². The van der Waals surface area contributed by atoms with Crippen LogP contribution in [0.5, 0.6) is 0 Å². The molecule has 110 valence electrons. The minimum Gasteiger partial charge on any atom is -0.292 e. The van der Waals surface area contributed by atoms with E-state index in [0.29, 0.717) is 23.4 Å². The molecular formula is C20H19NO. The number of allylic oxidation sites excluding steroid dienone is 2. The third-order valence-corrected chi connectivity index (χ3v) is 5.14. The van der Waals surface area contributed by atoms with E-state index in [9.17, 15) is 4.79 Å². The number of carbonyl (C=O) groups is 1. The number of rotatable bonds is 3. The molecule has 1 saturated carbocycles. The molecule has 0 N–H and O–H groups in total. The summed E-state index contributed by atoms with van der Waals surface area (Å²) in [5.41, 5.74) is 3.15. The fourth-order valence-electron chi connectivity index (χ4n) is 4.10. The van der Waals surface area contributed by atoms with E-state index < -0.39 is 0 Å². The van der Waals surface area contributed by atoms with Crippen molar-refractivity contribution in [3.63, 3.8) is 0 Å². The second kappa shape index (κ2) is 5.20. The van der Waals surface area contributed by atoms with Crippen LogP contribution in [0.25, 0.3) is 0 Å². The number of aromatic nitrogens is 1. The molecule has 0 radical (unpaired) electrons. The number of aryl methyl sites for hydroxylation is 1. The number of pyridine rings is 1. The monoisotopic (exact) mass is 289 g/mol. The van der Waals surface area contributed by atoms with Gasteiger partial charge in [0.05, 0.1) is 0 Å². The van der Waals surface area contributed by atoms with E-state index in [0.717, 1.165) is 6.42 Å². The van der Waals surface area contributed by atoms with Gasteiger partial charge in [0.15, 0.2) is 5.78 Å². The molecule has 1 heterocycles. The van der Waals surface area contributed by atoms with Crippen molar-refractivity contribution in [1.29, 1.82) is 0 Å². The number of Topliss-reactive ketones (excluding diaryl/α,β-unsaturated/α-hetero) is 1. The number of nitrogens with zero attached hydrogens (tertiary/aromatic N) is 1. The highest BCUT2D eigenvalue weighted by Crippen LogP contribution is 2.53. The van der Waals surface area contributed by atoms with E-state index in [1.807, 2.05) is 18.2 Å². The van der Waals surface area contributed by atoms with Crippen molar-refractivity contribution < 1.29 is 4.79 Å². The first-order chi connectivity index (χ1) is 10.7. The average molecular weight is 289 g/mol. The SMILES string of the molecule is Cc1ccc(C2C3C=CC(C3)C2C(=O)c2ccccn2)cc1. The first-order valence-electron chi connectivity index (χ1n) is 7.94. The van der Waals surface area contributed by atoms with Gasteiger partial charge in [-0.05, 0) is 42.9 Å². The summed E-state index contributed by atoms with van der Waals surface area (Å²) < 4.78 is 0. The van der Waals surface area contributed by atoms with Gasteiger partial charge < -0.3 is 0 Å². The molecule has 4 rings (SSSR count). The van der Waals surface area contributed by atoms with Crippen molar-refractivity contribution in [2.24, 2.45) is 17.8 Å². The summed E-state index contributed by atoms with van der Waals surface area (Å²) >= 11 is 0. The van der Waals surface area contributed by atoms with Crippen molar-refractivity contribution >= 4 is 5.78 Å². The van der Waals surface area contributed by atoms with Gasteiger partial charge in [-0.1, -0.05) is 48.0 Å². The first kappa shape index (κ1) is 13.4. The highest BCUT2D eigenvalue weighted by Gasteiger charge is 2.48. The van der Waals surface area contributed by atoms with Crippen molar-refractivity contribution in [2.45, 2.75) is 19.3 Å². The molecule has 0 amide bonds. The highest BCUT2D eigenvalue weighted by molar-refractivity contribution is 5.97. The number of ketones is 1. The molecule has 0 spiro atoms. The van der Waals surface area contributed by atoms with Crippen molar-refractivity contribution in [3.05, 3.63) is 77.6 Å². The van der Waals surface area contributed by atoms with Crippen LogP contribution in [-0.2, 0) is 0 Å². The van der Waals surface area contributed by atoms with Gasteiger partial charge in [0.2, 0.25) is 0 Å². The normalized spacial score (nSPS) is 29.0. The summed E-state index contributed by atoms with van der Waals surface area (Å²) in [6.45, 7) is 2.10. The molecule has 2 aliphatic carbocycles. The van der Waals surface area contributed by atoms with Crippen LogP contribution < -0.4 is 0 Å². The van der Waals surface area contributed by atoms with Crippen molar-refractivity contribution in [2.75, 3.05) is 0 Å². The standard InChI is InChI=1S/C20H19NO/c1-13-5-7-14(8-6-13)18-15-9-10-16(12-15)19(18)20(22)17-4-2-3-11-21-17/h2-11,15-16,18-19H,12H2,1H3. The number of benzene rings is 1. The molecule has 2 nitrogen and oxygen atoms in total. The fourth-order valence-corrected chi connectivity index (χ4v) is 4.10. The van der Waals surface area contributed by atoms with Crippen LogP contribution in [0.2, 0.25) is 0 Å². The number of hydrogen-bond acceptors (Lipinski definition) is 2. The molecule has 2 aliphatic rings. The van der Waals surface area contributed by atoms with Crippen LogP contribution in [0.1, 0.15) is 34.0 Å².